The van der Waals surface area contributed by atoms with E-state index in [1.54, 1.807) is 6.92 Å². The summed E-state index contributed by atoms with van der Waals surface area (Å²) in [4.78, 5) is 33.4. The Labute approximate surface area is 114 Å². The summed E-state index contributed by atoms with van der Waals surface area (Å²) >= 11 is 0. The number of carbonyl (C=O) groups is 2. The molecule has 10 aliphatic heterocycles. The van der Waals surface area contributed by atoms with Crippen LogP contribution in [-0.4, -0.2) is 11.6 Å². The van der Waals surface area contributed by atoms with Gasteiger partial charge in [-0.1, -0.05) is 0 Å². The van der Waals surface area contributed by atoms with Gasteiger partial charge in [-0.15, -0.1) is 0 Å². The minimum absolute atomic E-state index is 0.235. The van der Waals surface area contributed by atoms with Gasteiger partial charge in [0.25, 0.3) is 0 Å². The first-order valence-corrected chi connectivity index (χ1v) is 14.9. The van der Waals surface area contributed by atoms with Gasteiger partial charge in [-0.25, -0.2) is 0 Å². The molecule has 1 spiro atoms. The molecule has 0 aliphatic carbocycles. The van der Waals surface area contributed by atoms with E-state index in [2.05, 4.69) is 13.8 Å². The molecular formula is C18H20FeO2. The first-order valence-electron chi connectivity index (χ1n) is 8.69. The second kappa shape index (κ2) is 0.808. The zero-order valence-corrected chi connectivity index (χ0v) is 13.7. The van der Waals surface area contributed by atoms with Crippen molar-refractivity contribution in [2.75, 3.05) is 0 Å². The van der Waals surface area contributed by atoms with Crippen LogP contribution in [0.4, 0.5) is 0 Å². The molecule has 0 aromatic rings. The van der Waals surface area contributed by atoms with Gasteiger partial charge in [0.05, 0.1) is 0 Å². The number of Topliss-reactive ketones (excluding diaryl/α,β-unsaturated/α-hetero) is 1. The molecule has 21 heavy (non-hydrogen) atoms. The van der Waals surface area contributed by atoms with Crippen molar-refractivity contribution in [1.82, 2.24) is 0 Å². The Morgan fingerprint density at radius 2 is 1.43 bits per heavy atom. The fourth-order valence-electron chi connectivity index (χ4n) is 19.1. The first kappa shape index (κ1) is 9.03. The van der Waals surface area contributed by atoms with Crippen molar-refractivity contribution in [2.45, 2.75) is 74.3 Å². The molecule has 10 rings (SSSR count). The van der Waals surface area contributed by atoms with Gasteiger partial charge < -0.3 is 0 Å². The van der Waals surface area contributed by atoms with Gasteiger partial charge in [-0.2, -0.15) is 0 Å². The molecule has 8 unspecified atom stereocenters. The number of rotatable bonds is 4. The Bertz CT molecular complexity index is 1230. The maximum atomic E-state index is 13.1. The van der Waals surface area contributed by atoms with E-state index in [9.17, 15) is 9.59 Å². The molecule has 0 N–H and O–H groups in total. The van der Waals surface area contributed by atoms with Crippen molar-refractivity contribution in [1.29, 1.82) is 0 Å². The first-order chi connectivity index (χ1) is 9.75. The van der Waals surface area contributed by atoms with Gasteiger partial charge in [0, 0.05) is 0 Å². The molecule has 10 saturated heterocycles. The molecule has 10 fully saturated rings. The second-order valence-electron chi connectivity index (χ2n) is 12.0. The van der Waals surface area contributed by atoms with E-state index in [0.29, 0.717) is 14.4 Å². The summed E-state index contributed by atoms with van der Waals surface area (Å²) in [6.45, 7) is 2.50. The molecule has 2 nitrogen and oxygen atoms in total. The van der Waals surface area contributed by atoms with Crippen LogP contribution in [0.5, 0.6) is 0 Å². The molecule has 8 atom stereocenters. The van der Waals surface area contributed by atoms with Crippen molar-refractivity contribution in [3.63, 3.8) is 0 Å². The number of carbonyl (C=O) groups excluding carboxylic acids is 2. The van der Waals surface area contributed by atoms with Crippen LogP contribution in [-0.2, 0) is 16.1 Å². The molecule has 112 valence electrons. The van der Waals surface area contributed by atoms with Crippen molar-refractivity contribution >= 4 is 11.6 Å². The van der Waals surface area contributed by atoms with Crippen LogP contribution in [0.25, 0.3) is 0 Å². The summed E-state index contributed by atoms with van der Waals surface area (Å²) in [5, 5.41) is 0. The van der Waals surface area contributed by atoms with Crippen LogP contribution in [0.3, 0.4) is 0 Å². The third-order valence-corrected chi connectivity index (χ3v) is 59.5. The molecule has 0 amide bonds. The van der Waals surface area contributed by atoms with Crippen LogP contribution < -0.4 is 0 Å². The number of hydrogen-bond acceptors (Lipinski definition) is 2. The van der Waals surface area contributed by atoms with E-state index in [0.717, 1.165) is 45.0 Å². The van der Waals surface area contributed by atoms with Crippen molar-refractivity contribution < 1.29 is 16.1 Å². The molecule has 0 bridgehead atoms. The number of ketones is 2. The average Bonchev–Trinajstić information content (AvgIpc) is 3.36. The van der Waals surface area contributed by atoms with Crippen LogP contribution in [0, 0.1) is 0 Å². The van der Waals surface area contributed by atoms with Crippen LogP contribution in [0.1, 0.15) is 27.2 Å². The summed E-state index contributed by atoms with van der Waals surface area (Å²) in [6, 6.07) is 0. The Morgan fingerprint density at radius 3 is 1.81 bits per heavy atom. The normalized spacial score (nSPS) is 103. The van der Waals surface area contributed by atoms with E-state index in [1.165, 1.54) is 5.57 Å². The number of fused-ring (bicyclic) bond motifs is 10. The molecule has 0 saturated carbocycles. The van der Waals surface area contributed by atoms with Gasteiger partial charge in [0.2, 0.25) is 0 Å². The van der Waals surface area contributed by atoms with Crippen LogP contribution in [0.15, 0.2) is 11.6 Å². The third kappa shape index (κ3) is 0.102. The Balaban J connectivity index is 1.50. The van der Waals surface area contributed by atoms with Crippen molar-refractivity contribution in [3.8, 4) is 0 Å². The Hall–Kier alpha value is -0.401. The maximum absolute atomic E-state index is 13.1. The van der Waals surface area contributed by atoms with E-state index in [4.69, 9.17) is 0 Å². The Morgan fingerprint density at radius 1 is 0.952 bits per heavy atom. The zero-order valence-electron chi connectivity index (χ0n) is 12.6. The molecule has 10 aliphatic rings. The molecule has 10 heterocycles. The van der Waals surface area contributed by atoms with Gasteiger partial charge >= 0.3 is 114 Å². The van der Waals surface area contributed by atoms with Crippen LogP contribution in [0.2, 0.25) is 47.2 Å². The van der Waals surface area contributed by atoms with Crippen LogP contribution >= 0.6 is 0 Å². The summed E-state index contributed by atoms with van der Waals surface area (Å²) in [7, 11) is 0. The number of allylic oxidation sites excluding steroid dienone is 2. The SMILES string of the molecule is CCC(=O)[C]12[CH]3[CH]4[CH]5[CH]1[Fe]45321678[CH]2[CH]1[CH]6[C]7(C(C)=CC(C)=O)[CH]28. The monoisotopic (exact) mass is 324 g/mol. The van der Waals surface area contributed by atoms with E-state index >= 15 is 0 Å². The number of hydrogen-bond donors (Lipinski definition) is 0. The third-order valence-electron chi connectivity index (χ3n) is 16.6. The van der Waals surface area contributed by atoms with E-state index < -0.39 is 6.51 Å². The van der Waals surface area contributed by atoms with Gasteiger partial charge in [0.15, 0.2) is 0 Å². The van der Waals surface area contributed by atoms with E-state index in [1.807, 2.05) is 6.08 Å². The fourth-order valence-corrected chi connectivity index (χ4v) is 95.9. The minimum atomic E-state index is -3.61. The molecule has 0 aromatic carbocycles. The van der Waals surface area contributed by atoms with E-state index in [-0.39, 0.29) is 5.78 Å². The quantitative estimate of drug-likeness (QED) is 0.558. The summed E-state index contributed by atoms with van der Waals surface area (Å²) in [6.07, 6.45) is 2.79. The summed E-state index contributed by atoms with van der Waals surface area (Å²) in [5.74, 6) is 0.948. The second-order valence-corrected chi connectivity index (χ2v) is 35.2. The fraction of sp³-hybridized carbons (Fsp3) is 0.778. The molecule has 3 heteroatoms. The zero-order chi connectivity index (χ0) is 14.1. The summed E-state index contributed by atoms with van der Waals surface area (Å²) < 4.78 is 0.889. The predicted molar refractivity (Wildman–Crippen MR) is 75.1 cm³/mol. The molecule has 0 radical (unpaired) electrons. The predicted octanol–water partition coefficient (Wildman–Crippen LogP) is 4.63. The van der Waals surface area contributed by atoms with Crippen molar-refractivity contribution in [3.05, 3.63) is 11.6 Å². The molecular weight excluding hydrogens is 304 g/mol. The standard InChI is InChI=1S/C10H11O.C8H9O.Fe/c1-8(7-9(2)11)10-5-3-4-6-10;1-2-8(9)7-5-3-4-6-7;/h3-7H,1-2H3;3-6H,2H2,1H3;. The van der Waals surface area contributed by atoms with Crippen molar-refractivity contribution in [2.24, 2.45) is 0 Å². The van der Waals surface area contributed by atoms with Gasteiger partial charge in [-0.05, 0) is 0 Å². The average molecular weight is 324 g/mol. The molecule has 0 aromatic heterocycles. The summed E-state index contributed by atoms with van der Waals surface area (Å²) in [5.41, 5.74) is 1.48. The topological polar surface area (TPSA) is 34.1 Å². The van der Waals surface area contributed by atoms with Gasteiger partial charge in [0.1, 0.15) is 0 Å². The Kier molecular flexibility index (Phi) is 0.348. The van der Waals surface area contributed by atoms with Gasteiger partial charge in [-0.3, -0.25) is 0 Å².